The van der Waals surface area contributed by atoms with E-state index >= 15 is 0 Å². The third-order valence-electron chi connectivity index (χ3n) is 5.61. The van der Waals surface area contributed by atoms with Crippen LogP contribution in [0.2, 0.25) is 0 Å². The fourth-order valence-electron chi connectivity index (χ4n) is 3.75. The first-order chi connectivity index (χ1) is 18.2. The van der Waals surface area contributed by atoms with Gasteiger partial charge >= 0.3 is 24.0 Å². The molecule has 1 aromatic carbocycles. The van der Waals surface area contributed by atoms with Gasteiger partial charge in [-0.15, -0.1) is 5.92 Å². The van der Waals surface area contributed by atoms with Crippen LogP contribution in [0.15, 0.2) is 33.9 Å². The smallest absolute Gasteiger partial charge is 0.475 e. The van der Waals surface area contributed by atoms with Crippen LogP contribution in [0.25, 0.3) is 16.9 Å². The third-order valence-corrected chi connectivity index (χ3v) is 5.61. The van der Waals surface area contributed by atoms with Crippen LogP contribution in [-0.4, -0.2) is 62.1 Å². The van der Waals surface area contributed by atoms with Gasteiger partial charge in [0.15, 0.2) is 11.2 Å². The van der Waals surface area contributed by atoms with Crippen molar-refractivity contribution in [2.24, 2.45) is 7.05 Å². The number of piperazine rings is 1. The summed E-state index contributed by atoms with van der Waals surface area (Å²) in [7, 11) is 1.29. The Morgan fingerprint density at radius 2 is 1.74 bits per heavy atom. The van der Waals surface area contributed by atoms with Crippen molar-refractivity contribution in [3.8, 4) is 17.5 Å². The van der Waals surface area contributed by atoms with Gasteiger partial charge in [0.05, 0.1) is 17.8 Å². The van der Waals surface area contributed by atoms with Crippen LogP contribution >= 0.6 is 0 Å². The number of hydrogen-bond donors (Lipinski definition) is 2. The maximum atomic E-state index is 13.3. The van der Waals surface area contributed by atoms with Crippen molar-refractivity contribution in [1.82, 2.24) is 24.0 Å². The number of alkyl halides is 6. The Morgan fingerprint density at radius 3 is 2.28 bits per heavy atom. The summed E-state index contributed by atoms with van der Waals surface area (Å²) in [5, 5.41) is 10.4. The first-order valence-corrected chi connectivity index (χ1v) is 11.2. The number of carboxylic acids is 1. The summed E-state index contributed by atoms with van der Waals surface area (Å²) in [6.07, 6.45) is -9.67. The number of hydrogen-bond acceptors (Lipinski definition) is 6. The minimum absolute atomic E-state index is 0.00357. The molecule has 10 nitrogen and oxygen atoms in total. The van der Waals surface area contributed by atoms with Crippen LogP contribution in [0.3, 0.4) is 0 Å². The minimum atomic E-state index is -5.08. The highest BCUT2D eigenvalue weighted by Crippen LogP contribution is 2.31. The van der Waals surface area contributed by atoms with Gasteiger partial charge in [-0.3, -0.25) is 13.9 Å². The van der Waals surface area contributed by atoms with E-state index in [9.17, 15) is 35.9 Å². The molecule has 0 amide bonds. The highest BCUT2D eigenvalue weighted by Gasteiger charge is 2.38. The van der Waals surface area contributed by atoms with E-state index in [-0.39, 0.29) is 23.4 Å². The standard InChI is InChI=1S/C21H21F3N6O2.C2HF3O2/c1-3-4-10-29-16-17(26-19(29)28-11-8-25-9-12-28)30(20(32)27(2)18(16)31)15-7-5-6-14(13-15)21(22,23)24;3-2(4,5)1(6)7/h5-7,13,25H,8-12H2,1-2H3;(H,6,7). The molecule has 210 valence electrons. The molecule has 3 heterocycles. The second kappa shape index (κ2) is 11.2. The van der Waals surface area contributed by atoms with Crippen molar-refractivity contribution >= 4 is 23.1 Å². The number of halogens is 6. The zero-order chi connectivity index (χ0) is 29.1. The Bertz CT molecular complexity index is 1550. The molecule has 0 radical (unpaired) electrons. The lowest BCUT2D eigenvalue weighted by atomic mass is 10.2. The Kier molecular flexibility index (Phi) is 8.44. The summed E-state index contributed by atoms with van der Waals surface area (Å²) >= 11 is 0. The van der Waals surface area contributed by atoms with Gasteiger partial charge < -0.3 is 15.3 Å². The van der Waals surface area contributed by atoms with Crippen molar-refractivity contribution in [2.75, 3.05) is 31.1 Å². The van der Waals surface area contributed by atoms with Crippen molar-refractivity contribution in [3.05, 3.63) is 50.7 Å². The van der Waals surface area contributed by atoms with Crippen molar-refractivity contribution < 1.29 is 36.2 Å². The van der Waals surface area contributed by atoms with E-state index in [2.05, 4.69) is 22.1 Å². The number of aromatic nitrogens is 4. The molecular weight excluding hydrogens is 538 g/mol. The summed E-state index contributed by atoms with van der Waals surface area (Å²) in [5.41, 5.74) is -2.17. The van der Waals surface area contributed by atoms with Gasteiger partial charge in [0.1, 0.15) is 0 Å². The number of carboxylic acid groups (broad SMARTS) is 1. The minimum Gasteiger partial charge on any atom is -0.475 e. The average molecular weight is 560 g/mol. The lowest BCUT2D eigenvalue weighted by Crippen LogP contribution is -2.44. The molecule has 1 aliphatic rings. The summed E-state index contributed by atoms with van der Waals surface area (Å²) in [6, 6.07) is 4.41. The van der Waals surface area contributed by atoms with Crippen LogP contribution in [0.1, 0.15) is 12.5 Å². The Labute approximate surface area is 216 Å². The van der Waals surface area contributed by atoms with E-state index in [1.165, 1.54) is 19.2 Å². The number of rotatable bonds is 3. The molecule has 4 rings (SSSR count). The van der Waals surface area contributed by atoms with Crippen LogP contribution in [-0.2, 0) is 24.6 Å². The molecule has 0 unspecified atom stereocenters. The number of carbonyl (C=O) groups is 1. The van der Waals surface area contributed by atoms with Crippen molar-refractivity contribution in [1.29, 1.82) is 0 Å². The van der Waals surface area contributed by atoms with Gasteiger partial charge in [0, 0.05) is 33.2 Å². The van der Waals surface area contributed by atoms with Gasteiger partial charge in [-0.05, 0) is 25.1 Å². The molecular formula is C23H22F6N6O4. The molecule has 0 saturated carbocycles. The van der Waals surface area contributed by atoms with Gasteiger partial charge in [0.25, 0.3) is 5.56 Å². The van der Waals surface area contributed by atoms with Gasteiger partial charge in [-0.1, -0.05) is 12.0 Å². The monoisotopic (exact) mass is 560 g/mol. The van der Waals surface area contributed by atoms with E-state index in [1.54, 1.807) is 11.5 Å². The van der Waals surface area contributed by atoms with E-state index in [0.29, 0.717) is 32.1 Å². The summed E-state index contributed by atoms with van der Waals surface area (Å²) in [4.78, 5) is 41.5. The van der Waals surface area contributed by atoms with Crippen molar-refractivity contribution in [2.45, 2.75) is 25.8 Å². The van der Waals surface area contributed by atoms with Crippen LogP contribution < -0.4 is 21.5 Å². The average Bonchev–Trinajstić information content (AvgIpc) is 3.25. The maximum Gasteiger partial charge on any atom is 0.490 e. The first-order valence-electron chi connectivity index (χ1n) is 11.2. The number of nitrogens with zero attached hydrogens (tertiary/aromatic N) is 5. The van der Waals surface area contributed by atoms with Crippen LogP contribution in [0, 0.1) is 11.8 Å². The molecule has 1 aliphatic heterocycles. The molecule has 0 bridgehead atoms. The topological polar surface area (TPSA) is 114 Å². The van der Waals surface area contributed by atoms with Crippen LogP contribution in [0.5, 0.6) is 0 Å². The summed E-state index contributed by atoms with van der Waals surface area (Å²) in [6.45, 7) is 4.48. The predicted molar refractivity (Wildman–Crippen MR) is 128 cm³/mol. The number of aliphatic carboxylic acids is 1. The van der Waals surface area contributed by atoms with Gasteiger partial charge in [-0.25, -0.2) is 14.2 Å². The largest absolute Gasteiger partial charge is 0.490 e. The SMILES string of the molecule is CC#CCn1c(N2CCNCC2)nc2c1c(=O)n(C)c(=O)n2-c1cccc(C(F)(F)F)c1.O=C(O)C(F)(F)F. The van der Waals surface area contributed by atoms with Gasteiger partial charge in [-0.2, -0.15) is 31.3 Å². The molecule has 1 fully saturated rings. The second-order valence-corrected chi connectivity index (χ2v) is 8.17. The summed E-state index contributed by atoms with van der Waals surface area (Å²) < 4.78 is 75.2. The van der Waals surface area contributed by atoms with E-state index < -0.39 is 35.1 Å². The maximum absolute atomic E-state index is 13.3. The molecule has 16 heteroatoms. The van der Waals surface area contributed by atoms with E-state index in [4.69, 9.17) is 9.90 Å². The number of fused-ring (bicyclic) bond motifs is 1. The zero-order valence-corrected chi connectivity index (χ0v) is 20.5. The molecule has 1 saturated heterocycles. The molecule has 0 atom stereocenters. The molecule has 0 aliphatic carbocycles. The normalized spacial score (nSPS) is 13.9. The predicted octanol–water partition coefficient (Wildman–Crippen LogP) is 1.97. The lowest BCUT2D eigenvalue weighted by Gasteiger charge is -2.28. The van der Waals surface area contributed by atoms with E-state index in [0.717, 1.165) is 21.3 Å². The molecule has 2 aromatic heterocycles. The fraction of sp³-hybridized carbons (Fsp3) is 0.391. The van der Waals surface area contributed by atoms with Crippen LogP contribution in [0.4, 0.5) is 32.3 Å². The number of nitrogens with one attached hydrogen (secondary N) is 1. The quantitative estimate of drug-likeness (QED) is 0.372. The highest BCUT2D eigenvalue weighted by molar-refractivity contribution is 5.77. The number of imidazole rings is 1. The molecule has 2 N–H and O–H groups in total. The Hall–Kier alpha value is -4.26. The second-order valence-electron chi connectivity index (χ2n) is 8.17. The highest BCUT2D eigenvalue weighted by atomic mass is 19.4. The molecule has 0 spiro atoms. The Balaban J connectivity index is 0.000000532. The first kappa shape index (κ1) is 29.3. The fourth-order valence-corrected chi connectivity index (χ4v) is 3.75. The van der Waals surface area contributed by atoms with E-state index in [1.807, 2.05) is 4.90 Å². The molecule has 3 aromatic rings. The zero-order valence-electron chi connectivity index (χ0n) is 20.5. The number of benzene rings is 1. The molecule has 39 heavy (non-hydrogen) atoms. The lowest BCUT2D eigenvalue weighted by molar-refractivity contribution is -0.192. The number of anilines is 1. The van der Waals surface area contributed by atoms with Gasteiger partial charge in [0.2, 0.25) is 5.95 Å². The third kappa shape index (κ3) is 6.25. The summed E-state index contributed by atoms with van der Waals surface area (Å²) in [5.74, 6) is 3.40. The Morgan fingerprint density at radius 1 is 1.13 bits per heavy atom. The van der Waals surface area contributed by atoms with Crippen molar-refractivity contribution in [3.63, 3.8) is 0 Å².